The molecule has 104 valence electrons. The first-order valence-corrected chi connectivity index (χ1v) is 6.19. The van der Waals surface area contributed by atoms with E-state index in [2.05, 4.69) is 10.1 Å². The monoisotopic (exact) mass is 284 g/mol. The Kier molecular flexibility index (Phi) is 5.32. The minimum Gasteiger partial charge on any atom is -0.465 e. The van der Waals surface area contributed by atoms with Gasteiger partial charge in [0.25, 0.3) is 0 Å². The lowest BCUT2D eigenvalue weighted by Crippen LogP contribution is -2.39. The Morgan fingerprint density at radius 2 is 2.00 bits per heavy atom. The van der Waals surface area contributed by atoms with Crippen molar-refractivity contribution in [3.8, 4) is 0 Å². The van der Waals surface area contributed by atoms with Crippen LogP contribution >= 0.6 is 11.6 Å². The molecule has 0 aromatic heterocycles. The molecule has 0 aliphatic rings. The zero-order valence-electron chi connectivity index (χ0n) is 11.1. The fraction of sp³-hybridized carbons (Fsp3) is 0.385. The Balaban J connectivity index is 2.91. The molecule has 0 aliphatic heterocycles. The molecule has 0 saturated carbocycles. The Hall–Kier alpha value is -1.59. The molecule has 0 radical (unpaired) electrons. The second-order valence-electron chi connectivity index (χ2n) is 4.45. The number of methoxy groups -OCH3 is 1. The average molecular weight is 285 g/mol. The number of carbonyl (C=O) groups excluding carboxylic acids is 2. The second kappa shape index (κ2) is 6.54. The molecule has 1 rings (SSSR count). The standard InChI is InChI=1S/C13H17ClN2O3/c1-7(2)11(15)12(17)16-8-4-5-10(14)9(6-8)13(18)19-3/h4-7,11H,15H2,1-3H3,(H,16,17)/t11-/m0/s1. The van der Waals surface area contributed by atoms with Gasteiger partial charge in [-0.1, -0.05) is 25.4 Å². The number of amides is 1. The molecule has 1 aromatic rings. The summed E-state index contributed by atoms with van der Waals surface area (Å²) in [4.78, 5) is 23.3. The van der Waals surface area contributed by atoms with Gasteiger partial charge in [-0.15, -0.1) is 0 Å². The molecule has 1 aromatic carbocycles. The molecule has 1 atom stereocenters. The van der Waals surface area contributed by atoms with Crippen LogP contribution in [0, 0.1) is 5.92 Å². The highest BCUT2D eigenvalue weighted by molar-refractivity contribution is 6.33. The summed E-state index contributed by atoms with van der Waals surface area (Å²) in [5.41, 5.74) is 6.38. The van der Waals surface area contributed by atoms with Crippen LogP contribution in [0.4, 0.5) is 5.69 Å². The number of carbonyl (C=O) groups is 2. The summed E-state index contributed by atoms with van der Waals surface area (Å²) in [6.07, 6.45) is 0. The van der Waals surface area contributed by atoms with Crippen molar-refractivity contribution < 1.29 is 14.3 Å². The van der Waals surface area contributed by atoms with E-state index in [1.165, 1.54) is 19.2 Å². The number of benzene rings is 1. The molecular weight excluding hydrogens is 268 g/mol. The van der Waals surface area contributed by atoms with Gasteiger partial charge < -0.3 is 15.8 Å². The predicted molar refractivity (Wildman–Crippen MR) is 74.2 cm³/mol. The van der Waals surface area contributed by atoms with Gasteiger partial charge >= 0.3 is 5.97 Å². The van der Waals surface area contributed by atoms with Crippen LogP contribution in [0.5, 0.6) is 0 Å². The van der Waals surface area contributed by atoms with Gasteiger partial charge in [-0.25, -0.2) is 4.79 Å². The van der Waals surface area contributed by atoms with Crippen molar-refractivity contribution in [3.05, 3.63) is 28.8 Å². The lowest BCUT2D eigenvalue weighted by molar-refractivity contribution is -0.118. The van der Waals surface area contributed by atoms with Crippen molar-refractivity contribution in [1.29, 1.82) is 0 Å². The van der Waals surface area contributed by atoms with E-state index in [4.69, 9.17) is 17.3 Å². The van der Waals surface area contributed by atoms with Crippen LogP contribution in [0.1, 0.15) is 24.2 Å². The summed E-state index contributed by atoms with van der Waals surface area (Å²) >= 11 is 5.88. The number of hydrogen-bond acceptors (Lipinski definition) is 4. The molecule has 0 heterocycles. The van der Waals surface area contributed by atoms with Crippen molar-refractivity contribution in [2.75, 3.05) is 12.4 Å². The number of rotatable bonds is 4. The summed E-state index contributed by atoms with van der Waals surface area (Å²) in [5.74, 6) is -0.852. The normalized spacial score (nSPS) is 12.1. The maximum absolute atomic E-state index is 11.8. The number of halogens is 1. The highest BCUT2D eigenvalue weighted by Gasteiger charge is 2.18. The lowest BCUT2D eigenvalue weighted by atomic mass is 10.0. The van der Waals surface area contributed by atoms with Gasteiger partial charge in [0.05, 0.1) is 23.7 Å². The van der Waals surface area contributed by atoms with Crippen LogP contribution in [0.25, 0.3) is 0 Å². The topological polar surface area (TPSA) is 81.4 Å². The van der Waals surface area contributed by atoms with E-state index in [-0.39, 0.29) is 22.4 Å². The Morgan fingerprint density at radius 1 is 1.37 bits per heavy atom. The maximum Gasteiger partial charge on any atom is 0.339 e. The van der Waals surface area contributed by atoms with E-state index in [1.807, 2.05) is 13.8 Å². The van der Waals surface area contributed by atoms with E-state index >= 15 is 0 Å². The summed E-state index contributed by atoms with van der Waals surface area (Å²) in [6, 6.07) is 3.96. The van der Waals surface area contributed by atoms with Crippen molar-refractivity contribution in [2.45, 2.75) is 19.9 Å². The van der Waals surface area contributed by atoms with Gasteiger partial charge in [-0.2, -0.15) is 0 Å². The fourth-order valence-corrected chi connectivity index (χ4v) is 1.59. The van der Waals surface area contributed by atoms with Gasteiger partial charge in [0.2, 0.25) is 5.91 Å². The van der Waals surface area contributed by atoms with Crippen molar-refractivity contribution in [2.24, 2.45) is 11.7 Å². The van der Waals surface area contributed by atoms with E-state index in [0.717, 1.165) is 0 Å². The lowest BCUT2D eigenvalue weighted by Gasteiger charge is -2.15. The molecule has 0 bridgehead atoms. The van der Waals surface area contributed by atoms with Crippen LogP contribution < -0.4 is 11.1 Å². The Bertz CT molecular complexity index is 489. The highest BCUT2D eigenvalue weighted by atomic mass is 35.5. The third-order valence-corrected chi connectivity index (χ3v) is 2.99. The molecule has 0 fully saturated rings. The zero-order valence-corrected chi connectivity index (χ0v) is 11.8. The molecule has 0 unspecified atom stereocenters. The molecule has 0 saturated heterocycles. The number of esters is 1. The van der Waals surface area contributed by atoms with Crippen molar-refractivity contribution in [3.63, 3.8) is 0 Å². The minimum absolute atomic E-state index is 0.0207. The SMILES string of the molecule is COC(=O)c1cc(NC(=O)[C@@H](N)C(C)C)ccc1Cl. The zero-order chi connectivity index (χ0) is 14.6. The van der Waals surface area contributed by atoms with Crippen LogP contribution in [0.15, 0.2) is 18.2 Å². The number of nitrogens with one attached hydrogen (secondary N) is 1. The molecule has 19 heavy (non-hydrogen) atoms. The molecule has 0 aliphatic carbocycles. The van der Waals surface area contributed by atoms with E-state index in [9.17, 15) is 9.59 Å². The average Bonchev–Trinajstić information content (AvgIpc) is 2.38. The predicted octanol–water partition coefficient (Wildman–Crippen LogP) is 2.05. The Labute approximate surface area is 117 Å². The minimum atomic E-state index is -0.614. The number of hydrogen-bond donors (Lipinski definition) is 2. The van der Waals surface area contributed by atoms with E-state index < -0.39 is 12.0 Å². The third kappa shape index (κ3) is 3.94. The number of anilines is 1. The van der Waals surface area contributed by atoms with Crippen LogP contribution in [0.2, 0.25) is 5.02 Å². The summed E-state index contributed by atoms with van der Waals surface area (Å²) in [6.45, 7) is 3.71. The van der Waals surface area contributed by atoms with E-state index in [0.29, 0.717) is 5.69 Å². The maximum atomic E-state index is 11.8. The summed E-state index contributed by atoms with van der Waals surface area (Å²) in [7, 11) is 1.26. The highest BCUT2D eigenvalue weighted by Crippen LogP contribution is 2.21. The largest absolute Gasteiger partial charge is 0.465 e. The first kappa shape index (κ1) is 15.5. The Morgan fingerprint density at radius 3 is 2.53 bits per heavy atom. The number of ether oxygens (including phenoxy) is 1. The molecule has 3 N–H and O–H groups in total. The fourth-order valence-electron chi connectivity index (χ4n) is 1.40. The molecule has 6 heteroatoms. The smallest absolute Gasteiger partial charge is 0.339 e. The van der Waals surface area contributed by atoms with Crippen LogP contribution in [-0.2, 0) is 9.53 Å². The molecule has 1 amide bonds. The van der Waals surface area contributed by atoms with Crippen molar-refractivity contribution >= 4 is 29.2 Å². The van der Waals surface area contributed by atoms with Gasteiger partial charge in [0.15, 0.2) is 0 Å². The quantitative estimate of drug-likeness (QED) is 0.829. The van der Waals surface area contributed by atoms with Gasteiger partial charge in [-0.3, -0.25) is 4.79 Å². The third-order valence-electron chi connectivity index (χ3n) is 2.66. The van der Waals surface area contributed by atoms with Gasteiger partial charge in [-0.05, 0) is 24.1 Å². The first-order valence-electron chi connectivity index (χ1n) is 5.81. The van der Waals surface area contributed by atoms with Crippen LogP contribution in [0.3, 0.4) is 0 Å². The first-order chi connectivity index (χ1) is 8.86. The molecule has 0 spiro atoms. The summed E-state index contributed by atoms with van der Waals surface area (Å²) < 4.78 is 4.60. The van der Waals surface area contributed by atoms with Gasteiger partial charge in [0.1, 0.15) is 0 Å². The number of nitrogens with two attached hydrogens (primary N) is 1. The van der Waals surface area contributed by atoms with Crippen molar-refractivity contribution in [1.82, 2.24) is 0 Å². The molecular formula is C13H17ClN2O3. The molecule has 5 nitrogen and oxygen atoms in total. The van der Waals surface area contributed by atoms with E-state index in [1.54, 1.807) is 6.07 Å². The van der Waals surface area contributed by atoms with Gasteiger partial charge in [0, 0.05) is 5.69 Å². The van der Waals surface area contributed by atoms with Crippen LogP contribution in [-0.4, -0.2) is 25.0 Å². The summed E-state index contributed by atoms with van der Waals surface area (Å²) in [5, 5.41) is 2.90. The second-order valence-corrected chi connectivity index (χ2v) is 4.85.